The molecule has 0 unspecified atom stereocenters. The number of rotatable bonds is 4. The lowest BCUT2D eigenvalue weighted by Gasteiger charge is -2.41. The zero-order valence-electron chi connectivity index (χ0n) is 16.7. The summed E-state index contributed by atoms with van der Waals surface area (Å²) in [5.41, 5.74) is 0.437. The number of halogens is 4. The number of ether oxygens (including phenoxy) is 2. The summed E-state index contributed by atoms with van der Waals surface area (Å²) < 4.78 is 49.1. The van der Waals surface area contributed by atoms with Crippen molar-refractivity contribution >= 4 is 17.2 Å². The molecule has 3 nitrogen and oxygen atoms in total. The quantitative estimate of drug-likeness (QED) is 0.574. The van der Waals surface area contributed by atoms with Crippen molar-refractivity contribution in [2.24, 2.45) is 0 Å². The van der Waals surface area contributed by atoms with Gasteiger partial charge in [-0.3, -0.25) is 0 Å². The Labute approximate surface area is 173 Å². The first-order chi connectivity index (χ1) is 13.3. The third-order valence-corrected chi connectivity index (χ3v) is 4.65. The van der Waals surface area contributed by atoms with Crippen LogP contribution in [0.3, 0.4) is 0 Å². The lowest BCUT2D eigenvalue weighted by Crippen LogP contribution is -2.53. The monoisotopic (exact) mass is 425 g/mol. The van der Waals surface area contributed by atoms with Crippen LogP contribution in [0.25, 0.3) is 5.57 Å². The Morgan fingerprint density at radius 1 is 0.966 bits per heavy atom. The van der Waals surface area contributed by atoms with Gasteiger partial charge in [0.15, 0.2) is 0 Å². The zero-order chi connectivity index (χ0) is 21.4. The van der Waals surface area contributed by atoms with Crippen molar-refractivity contribution in [1.29, 1.82) is 0 Å². The fourth-order valence-electron chi connectivity index (χ4n) is 3.76. The van der Waals surface area contributed by atoms with Crippen LogP contribution in [0.2, 0.25) is 5.02 Å². The van der Waals surface area contributed by atoms with Crippen LogP contribution < -0.4 is 14.8 Å². The predicted molar refractivity (Wildman–Crippen MR) is 109 cm³/mol. The SMILES string of the molecule is CC1(C)C=C(c2cc(Oc3ccc(Cl)cc3)ccc2OC(F)(F)F)CC(C)(C)N1. The van der Waals surface area contributed by atoms with Crippen molar-refractivity contribution < 1.29 is 22.6 Å². The van der Waals surface area contributed by atoms with E-state index in [9.17, 15) is 13.2 Å². The van der Waals surface area contributed by atoms with E-state index in [1.54, 1.807) is 30.3 Å². The van der Waals surface area contributed by atoms with Crippen LogP contribution in [0.1, 0.15) is 39.7 Å². The summed E-state index contributed by atoms with van der Waals surface area (Å²) in [6, 6.07) is 11.1. The molecule has 156 valence electrons. The van der Waals surface area contributed by atoms with Crippen molar-refractivity contribution in [3.05, 3.63) is 59.1 Å². The van der Waals surface area contributed by atoms with Crippen molar-refractivity contribution in [3.8, 4) is 17.2 Å². The molecule has 0 fully saturated rings. The lowest BCUT2D eigenvalue weighted by molar-refractivity contribution is -0.274. The highest BCUT2D eigenvalue weighted by Crippen LogP contribution is 2.41. The minimum atomic E-state index is -4.79. The molecule has 1 heterocycles. The van der Waals surface area contributed by atoms with Gasteiger partial charge in [-0.1, -0.05) is 17.7 Å². The molecule has 0 bridgehead atoms. The van der Waals surface area contributed by atoms with Crippen LogP contribution in [-0.2, 0) is 0 Å². The first-order valence-electron chi connectivity index (χ1n) is 9.17. The predicted octanol–water partition coefficient (Wildman–Crippen LogP) is 6.96. The molecule has 0 spiro atoms. The van der Waals surface area contributed by atoms with Crippen molar-refractivity contribution in [2.45, 2.75) is 51.6 Å². The normalized spacial score (nSPS) is 18.1. The van der Waals surface area contributed by atoms with E-state index in [0.717, 1.165) is 5.57 Å². The van der Waals surface area contributed by atoms with Crippen LogP contribution in [0, 0.1) is 0 Å². The standard InChI is InChI=1S/C22H23ClF3NO2/c1-20(2)12-14(13-21(3,4)27-20)18-11-17(9-10-19(18)29-22(24,25)26)28-16-7-5-15(23)6-8-16/h5-12,27H,13H2,1-4H3. The number of hydrogen-bond acceptors (Lipinski definition) is 3. The number of alkyl halides is 3. The van der Waals surface area contributed by atoms with Crippen LogP contribution in [0.15, 0.2) is 48.5 Å². The van der Waals surface area contributed by atoms with E-state index in [1.807, 2.05) is 33.8 Å². The Hall–Kier alpha value is -2.18. The van der Waals surface area contributed by atoms with Gasteiger partial charge in [-0.2, -0.15) is 0 Å². The summed E-state index contributed by atoms with van der Waals surface area (Å²) in [6.45, 7) is 7.98. The van der Waals surface area contributed by atoms with Gasteiger partial charge in [0.05, 0.1) is 0 Å². The molecule has 0 saturated heterocycles. The number of nitrogens with one attached hydrogen (secondary N) is 1. The van der Waals surface area contributed by atoms with Gasteiger partial charge in [0, 0.05) is 21.7 Å². The van der Waals surface area contributed by atoms with E-state index in [-0.39, 0.29) is 16.8 Å². The molecule has 0 atom stereocenters. The summed E-state index contributed by atoms with van der Waals surface area (Å²) in [7, 11) is 0. The van der Waals surface area contributed by atoms with Crippen LogP contribution in [-0.4, -0.2) is 17.4 Å². The molecule has 3 rings (SSSR count). The first kappa shape index (κ1) is 21.5. The highest BCUT2D eigenvalue weighted by molar-refractivity contribution is 6.30. The van der Waals surface area contributed by atoms with Gasteiger partial charge in [0.1, 0.15) is 17.2 Å². The molecular formula is C22H23ClF3NO2. The van der Waals surface area contributed by atoms with Crippen molar-refractivity contribution in [2.75, 3.05) is 0 Å². The Morgan fingerprint density at radius 3 is 2.17 bits per heavy atom. The Balaban J connectivity index is 2.03. The molecular weight excluding hydrogens is 403 g/mol. The van der Waals surface area contributed by atoms with Gasteiger partial charge in [-0.05, 0) is 82.2 Å². The number of hydrogen-bond donors (Lipinski definition) is 1. The topological polar surface area (TPSA) is 30.5 Å². The van der Waals surface area contributed by atoms with Gasteiger partial charge in [0.2, 0.25) is 0 Å². The third kappa shape index (κ3) is 5.90. The fraction of sp³-hybridized carbons (Fsp3) is 0.364. The minimum absolute atomic E-state index is 0.249. The maximum Gasteiger partial charge on any atom is 0.573 e. The van der Waals surface area contributed by atoms with E-state index in [4.69, 9.17) is 16.3 Å². The molecule has 7 heteroatoms. The Morgan fingerprint density at radius 2 is 1.59 bits per heavy atom. The molecule has 0 aliphatic carbocycles. The molecule has 0 radical (unpaired) electrons. The average molecular weight is 426 g/mol. The minimum Gasteiger partial charge on any atom is -0.457 e. The molecule has 0 aromatic heterocycles. The van der Waals surface area contributed by atoms with Crippen molar-refractivity contribution in [3.63, 3.8) is 0 Å². The molecule has 2 aromatic rings. The second-order valence-corrected chi connectivity index (χ2v) is 8.78. The summed E-state index contributed by atoms with van der Waals surface area (Å²) in [4.78, 5) is 0. The molecule has 0 saturated carbocycles. The van der Waals surface area contributed by atoms with E-state index in [1.165, 1.54) is 12.1 Å². The molecule has 1 N–H and O–H groups in total. The Kier molecular flexibility index (Phi) is 5.62. The fourth-order valence-corrected chi connectivity index (χ4v) is 3.89. The largest absolute Gasteiger partial charge is 0.573 e. The van der Waals surface area contributed by atoms with Crippen LogP contribution >= 0.6 is 11.6 Å². The van der Waals surface area contributed by atoms with E-state index >= 15 is 0 Å². The van der Waals surface area contributed by atoms with E-state index in [0.29, 0.717) is 28.5 Å². The highest BCUT2D eigenvalue weighted by atomic mass is 35.5. The molecule has 29 heavy (non-hydrogen) atoms. The summed E-state index contributed by atoms with van der Waals surface area (Å²) in [5.74, 6) is 0.692. The number of benzene rings is 2. The van der Waals surface area contributed by atoms with E-state index in [2.05, 4.69) is 10.1 Å². The molecule has 1 aliphatic rings. The van der Waals surface area contributed by atoms with E-state index < -0.39 is 6.36 Å². The molecule has 0 amide bonds. The van der Waals surface area contributed by atoms with Gasteiger partial charge < -0.3 is 14.8 Å². The van der Waals surface area contributed by atoms with Crippen LogP contribution in [0.4, 0.5) is 13.2 Å². The maximum atomic E-state index is 13.0. The van der Waals surface area contributed by atoms with Gasteiger partial charge >= 0.3 is 6.36 Å². The second-order valence-electron chi connectivity index (χ2n) is 8.34. The molecule has 2 aromatic carbocycles. The third-order valence-electron chi connectivity index (χ3n) is 4.40. The maximum absolute atomic E-state index is 13.0. The second kappa shape index (κ2) is 7.58. The van der Waals surface area contributed by atoms with Gasteiger partial charge in [-0.15, -0.1) is 13.2 Å². The summed E-state index contributed by atoms with van der Waals surface area (Å²) in [6.07, 6.45) is -2.32. The summed E-state index contributed by atoms with van der Waals surface area (Å²) >= 11 is 5.89. The first-order valence-corrected chi connectivity index (χ1v) is 9.54. The molecule has 1 aliphatic heterocycles. The van der Waals surface area contributed by atoms with Crippen LogP contribution in [0.5, 0.6) is 17.2 Å². The lowest BCUT2D eigenvalue weighted by atomic mass is 9.81. The highest BCUT2D eigenvalue weighted by Gasteiger charge is 2.36. The summed E-state index contributed by atoms with van der Waals surface area (Å²) in [5, 5.41) is 4.04. The average Bonchev–Trinajstić information content (AvgIpc) is 2.54. The van der Waals surface area contributed by atoms with Gasteiger partial charge in [0.25, 0.3) is 0 Å². The Bertz CT molecular complexity index is 919. The van der Waals surface area contributed by atoms with Gasteiger partial charge in [-0.25, -0.2) is 0 Å². The van der Waals surface area contributed by atoms with Crippen molar-refractivity contribution in [1.82, 2.24) is 5.32 Å². The zero-order valence-corrected chi connectivity index (χ0v) is 17.4. The smallest absolute Gasteiger partial charge is 0.457 e.